The molecule has 0 saturated carbocycles. The molecule has 34 heavy (non-hydrogen) atoms. The number of ether oxygens (including phenoxy) is 3. The van der Waals surface area contributed by atoms with Gasteiger partial charge in [0.2, 0.25) is 0 Å². The second kappa shape index (κ2) is 12.5. The van der Waals surface area contributed by atoms with Crippen molar-refractivity contribution in [3.8, 4) is 5.75 Å². The minimum absolute atomic E-state index is 0.172. The molecule has 0 bridgehead atoms. The first-order valence-electron chi connectivity index (χ1n) is 12.3. The number of morpholine rings is 1. The molecular formula is C27H35N3O4. The number of H-pyrrole nitrogens is 1. The van der Waals surface area contributed by atoms with Crippen molar-refractivity contribution in [2.75, 3.05) is 44.4 Å². The highest BCUT2D eigenvalue weighted by atomic mass is 16.5. The molecule has 0 atom stereocenters. The fourth-order valence-corrected chi connectivity index (χ4v) is 4.26. The predicted octanol–water partition coefficient (Wildman–Crippen LogP) is 4.61. The van der Waals surface area contributed by atoms with E-state index in [-0.39, 0.29) is 5.56 Å². The first-order valence-corrected chi connectivity index (χ1v) is 12.3. The van der Waals surface area contributed by atoms with E-state index >= 15 is 0 Å². The number of aryl methyl sites for hydroxylation is 1. The summed E-state index contributed by atoms with van der Waals surface area (Å²) in [5.74, 6) is 0.819. The number of hydrogen-bond donors (Lipinski definition) is 1. The van der Waals surface area contributed by atoms with E-state index < -0.39 is 0 Å². The number of anilines is 1. The zero-order valence-electron chi connectivity index (χ0n) is 20.1. The Hall–Kier alpha value is -2.90. The Labute approximate surface area is 201 Å². The van der Waals surface area contributed by atoms with Gasteiger partial charge in [-0.1, -0.05) is 49.6 Å². The average molecular weight is 466 g/mol. The number of unbranched alkanes of at least 4 members (excludes halogenated alkanes) is 4. The van der Waals surface area contributed by atoms with Crippen LogP contribution in [0, 0.1) is 6.92 Å². The molecule has 0 spiro atoms. The summed E-state index contributed by atoms with van der Waals surface area (Å²) in [6.07, 6.45) is 5.54. The van der Waals surface area contributed by atoms with Crippen LogP contribution < -0.4 is 15.2 Å². The lowest BCUT2D eigenvalue weighted by Crippen LogP contribution is -2.36. The van der Waals surface area contributed by atoms with Gasteiger partial charge in [-0.2, -0.15) is 5.10 Å². The Morgan fingerprint density at radius 2 is 1.71 bits per heavy atom. The maximum absolute atomic E-state index is 12.4. The van der Waals surface area contributed by atoms with Crippen LogP contribution >= 0.6 is 0 Å². The molecule has 1 aromatic heterocycles. The normalized spacial score (nSPS) is 14.0. The lowest BCUT2D eigenvalue weighted by atomic mass is 10.1. The molecule has 1 N–H and O–H groups in total. The van der Waals surface area contributed by atoms with Crippen LogP contribution in [0.15, 0.2) is 47.3 Å². The van der Waals surface area contributed by atoms with Gasteiger partial charge in [-0.15, -0.1) is 0 Å². The second-order valence-corrected chi connectivity index (χ2v) is 8.76. The number of fused-ring (bicyclic) bond motifs is 1. The van der Waals surface area contributed by atoms with Crippen molar-refractivity contribution in [1.29, 1.82) is 0 Å². The van der Waals surface area contributed by atoms with E-state index in [2.05, 4.69) is 27.2 Å². The van der Waals surface area contributed by atoms with Gasteiger partial charge in [0, 0.05) is 25.1 Å². The maximum atomic E-state index is 12.4. The summed E-state index contributed by atoms with van der Waals surface area (Å²) < 4.78 is 17.5. The van der Waals surface area contributed by atoms with Crippen LogP contribution in [0.3, 0.4) is 0 Å². The van der Waals surface area contributed by atoms with Crippen LogP contribution in [0.2, 0.25) is 0 Å². The van der Waals surface area contributed by atoms with Gasteiger partial charge in [-0.05, 0) is 37.5 Å². The van der Waals surface area contributed by atoms with Crippen LogP contribution in [0.4, 0.5) is 5.69 Å². The summed E-state index contributed by atoms with van der Waals surface area (Å²) in [5, 5.41) is 8.20. The quantitative estimate of drug-likeness (QED) is 0.394. The highest BCUT2D eigenvalue weighted by Gasteiger charge is 2.18. The first-order chi connectivity index (χ1) is 16.7. The van der Waals surface area contributed by atoms with E-state index in [0.717, 1.165) is 67.9 Å². The van der Waals surface area contributed by atoms with E-state index in [1.54, 1.807) is 0 Å². The average Bonchev–Trinajstić information content (AvgIpc) is 2.88. The molecule has 0 unspecified atom stereocenters. The van der Waals surface area contributed by atoms with Crippen molar-refractivity contribution in [3.05, 3.63) is 64.1 Å². The largest absolute Gasteiger partial charge is 0.491 e. The zero-order chi connectivity index (χ0) is 23.6. The van der Waals surface area contributed by atoms with Crippen LogP contribution in [-0.2, 0) is 16.1 Å². The van der Waals surface area contributed by atoms with Gasteiger partial charge in [0.15, 0.2) is 0 Å². The zero-order valence-corrected chi connectivity index (χ0v) is 20.1. The third-order valence-corrected chi connectivity index (χ3v) is 6.21. The molecule has 7 heteroatoms. The number of aromatic amines is 1. The molecule has 1 aliphatic heterocycles. The van der Waals surface area contributed by atoms with Gasteiger partial charge in [0.1, 0.15) is 5.75 Å². The number of nitrogens with zero attached hydrogens (tertiary/aromatic N) is 2. The summed E-state index contributed by atoms with van der Waals surface area (Å²) >= 11 is 0. The molecule has 2 aromatic carbocycles. The molecule has 1 fully saturated rings. The lowest BCUT2D eigenvalue weighted by molar-refractivity contribution is 0.116. The van der Waals surface area contributed by atoms with Crippen LogP contribution in [0.25, 0.3) is 10.8 Å². The van der Waals surface area contributed by atoms with Crippen molar-refractivity contribution in [2.45, 2.75) is 45.6 Å². The molecule has 7 nitrogen and oxygen atoms in total. The Balaban J connectivity index is 1.24. The molecule has 0 aliphatic carbocycles. The number of nitrogens with one attached hydrogen (secondary N) is 1. The third-order valence-electron chi connectivity index (χ3n) is 6.21. The van der Waals surface area contributed by atoms with Gasteiger partial charge in [0.25, 0.3) is 5.56 Å². The molecular weight excluding hydrogens is 430 g/mol. The van der Waals surface area contributed by atoms with Crippen molar-refractivity contribution < 1.29 is 14.2 Å². The Morgan fingerprint density at radius 1 is 0.971 bits per heavy atom. The highest BCUT2D eigenvalue weighted by molar-refractivity contribution is 5.89. The van der Waals surface area contributed by atoms with Crippen LogP contribution in [0.5, 0.6) is 5.75 Å². The molecule has 182 valence electrons. The van der Waals surface area contributed by atoms with Crippen molar-refractivity contribution in [1.82, 2.24) is 10.2 Å². The van der Waals surface area contributed by atoms with Gasteiger partial charge in [-0.3, -0.25) is 4.79 Å². The topological polar surface area (TPSA) is 76.7 Å². The minimum atomic E-state index is -0.172. The predicted molar refractivity (Wildman–Crippen MR) is 135 cm³/mol. The molecule has 0 radical (unpaired) electrons. The fraction of sp³-hybridized carbons (Fsp3) is 0.481. The van der Waals surface area contributed by atoms with Gasteiger partial charge >= 0.3 is 0 Å². The van der Waals surface area contributed by atoms with E-state index in [4.69, 9.17) is 14.2 Å². The Bertz CT molecular complexity index is 1090. The van der Waals surface area contributed by atoms with Crippen molar-refractivity contribution in [3.63, 3.8) is 0 Å². The Kier molecular flexibility index (Phi) is 8.93. The van der Waals surface area contributed by atoms with Crippen LogP contribution in [0.1, 0.15) is 43.4 Å². The molecule has 1 aliphatic rings. The number of hydrogen-bond acceptors (Lipinski definition) is 6. The van der Waals surface area contributed by atoms with Gasteiger partial charge < -0.3 is 19.1 Å². The molecule has 1 saturated heterocycles. The SMILES string of the molecule is Cc1n[nH]c(=O)c2cc(N3CCOCC3)c(OCCCCCCCOCc3ccccc3)cc12. The first kappa shape index (κ1) is 24.2. The van der Waals surface area contributed by atoms with Gasteiger partial charge in [-0.25, -0.2) is 5.10 Å². The standard InChI is InChI=1S/C27H35N3O4/c1-21-23-19-26(25(30-12-16-32-17-13-30)18-24(23)27(31)29-28-21)34-15-9-4-2-3-8-14-33-20-22-10-6-5-7-11-22/h5-7,10-11,18-19H,2-4,8-9,12-17,20H2,1H3,(H,29,31). The van der Waals surface area contributed by atoms with E-state index in [1.807, 2.05) is 37.3 Å². The summed E-state index contributed by atoms with van der Waals surface area (Å²) in [7, 11) is 0. The number of rotatable bonds is 12. The summed E-state index contributed by atoms with van der Waals surface area (Å²) in [5.41, 5.74) is 2.81. The fourth-order valence-electron chi connectivity index (χ4n) is 4.26. The third kappa shape index (κ3) is 6.58. The molecule has 4 rings (SSSR count). The van der Waals surface area contributed by atoms with Crippen LogP contribution in [-0.4, -0.2) is 49.7 Å². The van der Waals surface area contributed by atoms with E-state index in [9.17, 15) is 4.79 Å². The molecule has 2 heterocycles. The monoisotopic (exact) mass is 465 g/mol. The maximum Gasteiger partial charge on any atom is 0.272 e. The summed E-state index contributed by atoms with van der Waals surface area (Å²) in [6.45, 7) is 6.98. The van der Waals surface area contributed by atoms with E-state index in [0.29, 0.717) is 31.8 Å². The minimum Gasteiger partial charge on any atom is -0.491 e. The molecule has 3 aromatic rings. The highest BCUT2D eigenvalue weighted by Crippen LogP contribution is 2.33. The second-order valence-electron chi connectivity index (χ2n) is 8.76. The molecule has 0 amide bonds. The number of aromatic nitrogens is 2. The van der Waals surface area contributed by atoms with Crippen molar-refractivity contribution >= 4 is 16.5 Å². The van der Waals surface area contributed by atoms with E-state index in [1.165, 1.54) is 12.0 Å². The lowest BCUT2D eigenvalue weighted by Gasteiger charge is -2.30. The number of benzene rings is 2. The van der Waals surface area contributed by atoms with Crippen molar-refractivity contribution in [2.24, 2.45) is 0 Å². The van der Waals surface area contributed by atoms with Gasteiger partial charge in [0.05, 0.1) is 43.2 Å². The summed E-state index contributed by atoms with van der Waals surface area (Å²) in [4.78, 5) is 14.6. The smallest absolute Gasteiger partial charge is 0.272 e. The summed E-state index contributed by atoms with van der Waals surface area (Å²) in [6, 6.07) is 14.2. The Morgan fingerprint density at radius 3 is 2.50 bits per heavy atom.